The molecule has 1 atom stereocenters. The Kier molecular flexibility index (Phi) is 10.2. The van der Waals surface area contributed by atoms with E-state index in [1.807, 2.05) is 64.1 Å². The fourth-order valence-corrected chi connectivity index (χ4v) is 7.65. The lowest BCUT2D eigenvalue weighted by Gasteiger charge is -2.32. The van der Waals surface area contributed by atoms with Crippen molar-refractivity contribution in [2.24, 2.45) is 5.92 Å². The number of fused-ring (bicyclic) bond motifs is 1. The molecule has 1 N–H and O–H groups in total. The van der Waals surface area contributed by atoms with E-state index in [0.29, 0.717) is 40.7 Å². The Hall–Kier alpha value is -3.71. The molecule has 2 heterocycles. The number of amides is 1. The second-order valence-electron chi connectivity index (χ2n) is 14.3. The molecule has 50 heavy (non-hydrogen) atoms. The van der Waals surface area contributed by atoms with E-state index < -0.39 is 34.2 Å². The maximum absolute atomic E-state index is 14.1. The average Bonchev–Trinajstić information content (AvgIpc) is 3.82. The molecule has 1 saturated carbocycles. The van der Waals surface area contributed by atoms with Crippen LogP contribution in [0, 0.1) is 11.7 Å². The minimum Gasteiger partial charge on any atom is -0.455 e. The number of ether oxygens (including phenoxy) is 1. The second kappa shape index (κ2) is 14.1. The molecule has 9 nitrogen and oxygen atoms in total. The molecule has 1 aliphatic heterocycles. The van der Waals surface area contributed by atoms with Crippen molar-refractivity contribution in [3.63, 3.8) is 0 Å². The van der Waals surface area contributed by atoms with Crippen LogP contribution in [0.15, 0.2) is 71.1 Å². The van der Waals surface area contributed by atoms with Crippen LogP contribution in [0.1, 0.15) is 74.9 Å². The SMILES string of the molecule is CCS(=O)(=O)N(CC(COCc1ccccc1)CB1OC(C)(C)C(C)(C)O1)c1cc2oc(-c3ccc(F)cc3)c(C(=O)NC)c2cc1C1CC1. The molecule has 0 bridgehead atoms. The third-order valence-electron chi connectivity index (χ3n) is 10.1. The van der Waals surface area contributed by atoms with Gasteiger partial charge >= 0.3 is 7.12 Å². The summed E-state index contributed by atoms with van der Waals surface area (Å²) in [4.78, 5) is 13.3. The monoisotopic (exact) mass is 704 g/mol. The van der Waals surface area contributed by atoms with Crippen molar-refractivity contribution in [1.29, 1.82) is 0 Å². The summed E-state index contributed by atoms with van der Waals surface area (Å²) in [6.07, 6.45) is 2.21. The number of carbonyl (C=O) groups is 1. The van der Waals surface area contributed by atoms with E-state index in [4.69, 9.17) is 18.5 Å². The summed E-state index contributed by atoms with van der Waals surface area (Å²) in [6.45, 7) is 10.4. The Morgan fingerprint density at radius 3 is 2.30 bits per heavy atom. The molecule has 1 aromatic heterocycles. The van der Waals surface area contributed by atoms with Gasteiger partial charge in [-0.15, -0.1) is 0 Å². The van der Waals surface area contributed by atoms with Gasteiger partial charge in [0, 0.05) is 30.6 Å². The second-order valence-corrected chi connectivity index (χ2v) is 16.5. The highest BCUT2D eigenvalue weighted by atomic mass is 32.2. The summed E-state index contributed by atoms with van der Waals surface area (Å²) < 4.78 is 68.8. The van der Waals surface area contributed by atoms with Crippen LogP contribution in [0.2, 0.25) is 6.32 Å². The zero-order chi connectivity index (χ0) is 35.8. The molecular weight excluding hydrogens is 658 g/mol. The van der Waals surface area contributed by atoms with Crippen molar-refractivity contribution in [2.45, 2.75) is 77.5 Å². The predicted octanol–water partition coefficient (Wildman–Crippen LogP) is 7.56. The number of hydrogen-bond acceptors (Lipinski definition) is 7. The fraction of sp³-hybridized carbons (Fsp3) is 0.447. The summed E-state index contributed by atoms with van der Waals surface area (Å²) in [7, 11) is -2.82. The van der Waals surface area contributed by atoms with Crippen LogP contribution in [-0.2, 0) is 30.7 Å². The lowest BCUT2D eigenvalue weighted by molar-refractivity contribution is 0.00578. The molecule has 0 radical (unpaired) electrons. The van der Waals surface area contributed by atoms with Crippen LogP contribution in [-0.4, -0.2) is 58.6 Å². The van der Waals surface area contributed by atoms with Crippen molar-refractivity contribution in [3.8, 4) is 11.3 Å². The molecule has 2 fully saturated rings. The first-order valence-corrected chi connectivity index (χ1v) is 18.9. The molecule has 1 aliphatic carbocycles. The maximum atomic E-state index is 14.1. The number of anilines is 1. The van der Waals surface area contributed by atoms with E-state index in [1.165, 1.54) is 16.4 Å². The van der Waals surface area contributed by atoms with Gasteiger partial charge in [-0.05, 0) is 107 Å². The van der Waals surface area contributed by atoms with Crippen LogP contribution in [0.5, 0.6) is 0 Å². The average molecular weight is 705 g/mol. The zero-order valence-corrected chi connectivity index (χ0v) is 30.4. The minimum atomic E-state index is -3.81. The van der Waals surface area contributed by atoms with Crippen LogP contribution in [0.25, 0.3) is 22.3 Å². The fourth-order valence-electron chi connectivity index (χ4n) is 6.44. The van der Waals surface area contributed by atoms with Gasteiger partial charge in [-0.3, -0.25) is 9.10 Å². The van der Waals surface area contributed by atoms with Crippen molar-refractivity contribution < 1.29 is 36.1 Å². The van der Waals surface area contributed by atoms with Gasteiger partial charge in [0.05, 0.1) is 41.4 Å². The molecular formula is C38H46BFN2O7S. The van der Waals surface area contributed by atoms with Gasteiger partial charge in [0.1, 0.15) is 17.2 Å². The van der Waals surface area contributed by atoms with Gasteiger partial charge in [-0.25, -0.2) is 12.8 Å². The van der Waals surface area contributed by atoms with Crippen LogP contribution in [0.4, 0.5) is 10.1 Å². The van der Waals surface area contributed by atoms with Gasteiger partial charge in [-0.1, -0.05) is 30.3 Å². The lowest BCUT2D eigenvalue weighted by atomic mass is 9.77. The van der Waals surface area contributed by atoms with Crippen LogP contribution >= 0.6 is 0 Å². The highest BCUT2D eigenvalue weighted by Crippen LogP contribution is 2.48. The van der Waals surface area contributed by atoms with Crippen molar-refractivity contribution in [3.05, 3.63) is 89.2 Å². The number of nitrogens with zero attached hydrogens (tertiary/aromatic N) is 1. The molecule has 1 amide bonds. The van der Waals surface area contributed by atoms with E-state index in [-0.39, 0.29) is 42.4 Å². The molecule has 12 heteroatoms. The van der Waals surface area contributed by atoms with E-state index >= 15 is 0 Å². The van der Waals surface area contributed by atoms with Crippen molar-refractivity contribution >= 4 is 39.7 Å². The molecule has 1 saturated heterocycles. The van der Waals surface area contributed by atoms with Gasteiger partial charge in [0.2, 0.25) is 10.0 Å². The third kappa shape index (κ3) is 7.49. The lowest BCUT2D eigenvalue weighted by Crippen LogP contribution is -2.41. The first-order valence-electron chi connectivity index (χ1n) is 17.3. The summed E-state index contributed by atoms with van der Waals surface area (Å²) in [5.41, 5.74) is 2.50. The van der Waals surface area contributed by atoms with Crippen molar-refractivity contribution in [1.82, 2.24) is 5.32 Å². The normalized spacial score (nSPS) is 17.6. The summed E-state index contributed by atoms with van der Waals surface area (Å²) in [5, 5.41) is 3.27. The quantitative estimate of drug-likeness (QED) is 0.135. The standard InChI is InChI=1S/C38H46BFN2O7S/c1-7-50(44,45)42(22-26(24-46-23-25-11-9-8-10-12-25)21-39-48-37(2,3)38(4,5)49-39)32-20-33-31(19-30(32)27-13-14-27)34(36(43)41-6)35(47-33)28-15-17-29(40)18-16-28/h8-12,15-20,26-27H,7,13-14,21-24H2,1-6H3,(H,41,43). The van der Waals surface area contributed by atoms with E-state index in [9.17, 15) is 17.6 Å². The first kappa shape index (κ1) is 36.1. The van der Waals surface area contributed by atoms with E-state index in [1.54, 1.807) is 32.2 Å². The molecule has 6 rings (SSSR count). The smallest absolute Gasteiger partial charge is 0.455 e. The molecule has 0 spiro atoms. The first-order chi connectivity index (χ1) is 23.7. The van der Waals surface area contributed by atoms with Crippen molar-refractivity contribution in [2.75, 3.05) is 30.3 Å². The number of halogens is 1. The van der Waals surface area contributed by atoms with Gasteiger partial charge in [0.15, 0.2) is 0 Å². The molecule has 4 aromatic rings. The number of furan rings is 1. The summed E-state index contributed by atoms with van der Waals surface area (Å²) in [5.74, 6) is -0.768. The molecule has 1 unspecified atom stereocenters. The number of carbonyl (C=O) groups excluding carboxylic acids is 1. The highest BCUT2D eigenvalue weighted by Gasteiger charge is 2.51. The predicted molar refractivity (Wildman–Crippen MR) is 194 cm³/mol. The Balaban J connectivity index is 1.41. The van der Waals surface area contributed by atoms with Gasteiger partial charge in [-0.2, -0.15) is 0 Å². The van der Waals surface area contributed by atoms with E-state index in [2.05, 4.69) is 5.32 Å². The van der Waals surface area contributed by atoms with Gasteiger partial charge < -0.3 is 23.8 Å². The Labute approximate surface area is 294 Å². The number of nitrogens with one attached hydrogen (secondary N) is 1. The highest BCUT2D eigenvalue weighted by molar-refractivity contribution is 7.92. The van der Waals surface area contributed by atoms with E-state index in [0.717, 1.165) is 24.0 Å². The molecule has 2 aliphatic rings. The summed E-state index contributed by atoms with van der Waals surface area (Å²) >= 11 is 0. The number of benzene rings is 3. The Morgan fingerprint density at radius 1 is 1.04 bits per heavy atom. The maximum Gasteiger partial charge on any atom is 0.458 e. The number of hydrogen-bond donors (Lipinski definition) is 1. The van der Waals surface area contributed by atoms with Gasteiger partial charge in [0.25, 0.3) is 5.91 Å². The van der Waals surface area contributed by atoms with Crippen LogP contribution in [0.3, 0.4) is 0 Å². The number of sulfonamides is 1. The largest absolute Gasteiger partial charge is 0.458 e. The third-order valence-corrected chi connectivity index (χ3v) is 11.8. The zero-order valence-electron chi connectivity index (χ0n) is 29.6. The Bertz CT molecular complexity index is 1930. The topological polar surface area (TPSA) is 107 Å². The Morgan fingerprint density at radius 2 is 1.70 bits per heavy atom. The summed E-state index contributed by atoms with van der Waals surface area (Å²) in [6, 6.07) is 19.2. The number of rotatable bonds is 14. The molecule has 266 valence electrons. The molecule has 3 aromatic carbocycles. The minimum absolute atomic E-state index is 0.119. The van der Waals surface area contributed by atoms with Crippen LogP contribution < -0.4 is 9.62 Å².